The van der Waals surface area contributed by atoms with Gasteiger partial charge in [-0.3, -0.25) is 14.9 Å². The third-order valence-electron chi connectivity index (χ3n) is 2.65. The fourth-order valence-electron chi connectivity index (χ4n) is 1.73. The molecule has 1 fully saturated rings. The summed E-state index contributed by atoms with van der Waals surface area (Å²) in [5.41, 5.74) is -0.332. The summed E-state index contributed by atoms with van der Waals surface area (Å²) < 4.78 is 5.16. The molecule has 7 heteroatoms. The predicted molar refractivity (Wildman–Crippen MR) is 60.1 cm³/mol. The zero-order valence-corrected chi connectivity index (χ0v) is 9.42. The molecule has 1 heterocycles. The second kappa shape index (κ2) is 5.01. The van der Waals surface area contributed by atoms with Crippen molar-refractivity contribution in [1.82, 2.24) is 0 Å². The van der Waals surface area contributed by atoms with Crippen LogP contribution < -0.4 is 10.4 Å². The summed E-state index contributed by atoms with van der Waals surface area (Å²) >= 11 is 0. The number of anilines is 1. The number of carbonyl (C=O) groups is 1. The molecule has 0 unspecified atom stereocenters. The van der Waals surface area contributed by atoms with Crippen molar-refractivity contribution in [2.75, 3.05) is 11.9 Å². The van der Waals surface area contributed by atoms with Crippen molar-refractivity contribution in [2.24, 2.45) is 0 Å². The van der Waals surface area contributed by atoms with Crippen LogP contribution >= 0.6 is 0 Å². The molecule has 1 saturated heterocycles. The van der Waals surface area contributed by atoms with Gasteiger partial charge in [0.1, 0.15) is 6.10 Å². The predicted octanol–water partition coefficient (Wildman–Crippen LogP) is 0.786. The third-order valence-corrected chi connectivity index (χ3v) is 2.65. The van der Waals surface area contributed by atoms with Crippen LogP contribution in [0.2, 0.25) is 0 Å². The molecular weight excluding hydrogens is 240 g/mol. The van der Waals surface area contributed by atoms with Crippen LogP contribution in [-0.4, -0.2) is 23.5 Å². The van der Waals surface area contributed by atoms with Crippen LogP contribution in [-0.2, 0) is 9.53 Å². The summed E-state index contributed by atoms with van der Waals surface area (Å²) in [5.74, 6) is -0.906. The fraction of sp³-hybridized carbons (Fsp3) is 0.364. The number of non-ortho nitro benzene ring substituents is 1. The molecule has 2 rings (SSSR count). The van der Waals surface area contributed by atoms with E-state index in [1.807, 2.05) is 0 Å². The molecule has 1 amide bonds. The molecular formula is C11H11N2O5-. The Hall–Kier alpha value is -2.15. The van der Waals surface area contributed by atoms with Crippen molar-refractivity contribution >= 4 is 17.3 Å². The number of benzene rings is 1. The molecule has 1 aliphatic heterocycles. The molecule has 1 aromatic carbocycles. The molecule has 1 N–H and O–H groups in total. The average Bonchev–Trinajstić information content (AvgIpc) is 2.85. The number of nitro groups is 1. The van der Waals surface area contributed by atoms with E-state index in [4.69, 9.17) is 4.74 Å². The van der Waals surface area contributed by atoms with E-state index in [1.165, 1.54) is 0 Å². The highest BCUT2D eigenvalue weighted by Crippen LogP contribution is 2.26. The Bertz CT molecular complexity index is 482. The molecule has 1 aliphatic rings. The topological polar surface area (TPSA) is 105 Å². The first-order valence-electron chi connectivity index (χ1n) is 5.46. The van der Waals surface area contributed by atoms with Crippen molar-refractivity contribution in [3.05, 3.63) is 28.3 Å². The first kappa shape index (κ1) is 12.3. The highest BCUT2D eigenvalue weighted by atomic mass is 16.6. The normalized spacial score (nSPS) is 18.6. The summed E-state index contributed by atoms with van der Waals surface area (Å²) in [6.07, 6.45) is 0.801. The van der Waals surface area contributed by atoms with Gasteiger partial charge in [0, 0.05) is 24.4 Å². The Morgan fingerprint density at radius 2 is 2.28 bits per heavy atom. The van der Waals surface area contributed by atoms with Gasteiger partial charge in [0.05, 0.1) is 4.92 Å². The maximum absolute atomic E-state index is 11.7. The lowest BCUT2D eigenvalue weighted by Gasteiger charge is -2.16. The molecule has 0 aromatic heterocycles. The van der Waals surface area contributed by atoms with E-state index in [1.54, 1.807) is 0 Å². The lowest BCUT2D eigenvalue weighted by atomic mass is 10.2. The van der Waals surface area contributed by atoms with Gasteiger partial charge in [-0.25, -0.2) is 0 Å². The molecule has 0 radical (unpaired) electrons. The molecule has 7 nitrogen and oxygen atoms in total. The van der Waals surface area contributed by atoms with Gasteiger partial charge in [-0.1, -0.05) is 11.8 Å². The summed E-state index contributed by atoms with van der Waals surface area (Å²) in [7, 11) is 0. The largest absolute Gasteiger partial charge is 0.871 e. The SMILES string of the molecule is O=C(Nc1cc([N+](=O)[O-])ccc1[O-])[C@H]1CCCO1. The van der Waals surface area contributed by atoms with Gasteiger partial charge < -0.3 is 15.2 Å². The Morgan fingerprint density at radius 3 is 2.89 bits per heavy atom. The molecule has 1 aromatic rings. The molecule has 0 spiro atoms. The van der Waals surface area contributed by atoms with Gasteiger partial charge in [0.15, 0.2) is 0 Å². The number of hydrogen-bond donors (Lipinski definition) is 1. The van der Waals surface area contributed by atoms with Crippen molar-refractivity contribution in [1.29, 1.82) is 0 Å². The van der Waals surface area contributed by atoms with Crippen molar-refractivity contribution in [2.45, 2.75) is 18.9 Å². The van der Waals surface area contributed by atoms with Gasteiger partial charge in [-0.2, -0.15) is 0 Å². The quantitative estimate of drug-likeness (QED) is 0.631. The number of nitro benzene ring substituents is 1. The molecule has 0 saturated carbocycles. The van der Waals surface area contributed by atoms with E-state index in [9.17, 15) is 20.0 Å². The zero-order chi connectivity index (χ0) is 13.1. The molecule has 0 bridgehead atoms. The van der Waals surface area contributed by atoms with Gasteiger partial charge in [-0.05, 0) is 12.8 Å². The van der Waals surface area contributed by atoms with Crippen molar-refractivity contribution < 1.29 is 19.6 Å². The molecule has 96 valence electrons. The van der Waals surface area contributed by atoms with Crippen molar-refractivity contribution in [3.8, 4) is 5.75 Å². The minimum atomic E-state index is -0.624. The number of rotatable bonds is 3. The minimum absolute atomic E-state index is 0.0929. The lowest BCUT2D eigenvalue weighted by Crippen LogP contribution is -2.27. The summed E-state index contributed by atoms with van der Waals surface area (Å²) in [5, 5.41) is 24.4. The minimum Gasteiger partial charge on any atom is -0.871 e. The molecule has 1 atom stereocenters. The van der Waals surface area contributed by atoms with Crippen LogP contribution in [0.3, 0.4) is 0 Å². The molecule has 0 aliphatic carbocycles. The Morgan fingerprint density at radius 1 is 1.50 bits per heavy atom. The smallest absolute Gasteiger partial charge is 0.271 e. The number of carbonyl (C=O) groups excluding carboxylic acids is 1. The number of amides is 1. The highest BCUT2D eigenvalue weighted by Gasteiger charge is 2.24. The van der Waals surface area contributed by atoms with Crippen LogP contribution in [0.25, 0.3) is 0 Å². The highest BCUT2D eigenvalue weighted by molar-refractivity contribution is 5.95. The van der Waals surface area contributed by atoms with Gasteiger partial charge in [0.2, 0.25) is 0 Å². The number of ether oxygens (including phenoxy) is 1. The van der Waals surface area contributed by atoms with Gasteiger partial charge in [-0.15, -0.1) is 0 Å². The van der Waals surface area contributed by atoms with Crippen LogP contribution in [0, 0.1) is 10.1 Å². The van der Waals surface area contributed by atoms with Gasteiger partial charge >= 0.3 is 0 Å². The van der Waals surface area contributed by atoms with Crippen LogP contribution in [0.4, 0.5) is 11.4 Å². The second-order valence-corrected chi connectivity index (χ2v) is 3.93. The molecule has 18 heavy (non-hydrogen) atoms. The number of hydrogen-bond acceptors (Lipinski definition) is 5. The number of nitrogens with one attached hydrogen (secondary N) is 1. The lowest BCUT2D eigenvalue weighted by molar-refractivity contribution is -0.385. The van der Waals surface area contributed by atoms with E-state index in [-0.39, 0.29) is 11.4 Å². The maximum atomic E-state index is 11.7. The van der Waals surface area contributed by atoms with E-state index < -0.39 is 22.7 Å². The van der Waals surface area contributed by atoms with Crippen LogP contribution in [0.1, 0.15) is 12.8 Å². The van der Waals surface area contributed by atoms with Crippen molar-refractivity contribution in [3.63, 3.8) is 0 Å². The average molecular weight is 251 g/mol. The Balaban J connectivity index is 2.14. The monoisotopic (exact) mass is 251 g/mol. The first-order valence-corrected chi connectivity index (χ1v) is 5.46. The second-order valence-electron chi connectivity index (χ2n) is 3.93. The third kappa shape index (κ3) is 2.57. The fourth-order valence-corrected chi connectivity index (χ4v) is 1.73. The Labute approximate surface area is 103 Å². The standard InChI is InChI=1S/C11H12N2O5/c14-9-4-3-7(13(16)17)6-8(9)12-11(15)10-2-1-5-18-10/h3-4,6,10,14H,1-2,5H2,(H,12,15)/p-1/t10-/m1/s1. The summed E-state index contributed by atoms with van der Waals surface area (Å²) in [6, 6.07) is 3.21. The number of nitrogens with zero attached hydrogens (tertiary/aromatic N) is 1. The van der Waals surface area contributed by atoms with E-state index in [2.05, 4.69) is 5.32 Å². The maximum Gasteiger partial charge on any atom is 0.271 e. The summed E-state index contributed by atoms with van der Waals surface area (Å²) in [6.45, 7) is 0.511. The van der Waals surface area contributed by atoms with Gasteiger partial charge in [0.25, 0.3) is 11.6 Å². The van der Waals surface area contributed by atoms with E-state index in [0.29, 0.717) is 13.0 Å². The Kier molecular flexibility index (Phi) is 3.42. The summed E-state index contributed by atoms with van der Waals surface area (Å²) in [4.78, 5) is 21.7. The van der Waals surface area contributed by atoms with E-state index in [0.717, 1.165) is 24.6 Å². The first-order chi connectivity index (χ1) is 8.58. The van der Waals surface area contributed by atoms with Crippen LogP contribution in [0.5, 0.6) is 5.75 Å². The zero-order valence-electron chi connectivity index (χ0n) is 9.42. The van der Waals surface area contributed by atoms with Crippen LogP contribution in [0.15, 0.2) is 18.2 Å². The van der Waals surface area contributed by atoms with E-state index >= 15 is 0 Å².